The Hall–Kier alpha value is -0.480. The molecule has 0 aliphatic rings. The van der Waals surface area contributed by atoms with Gasteiger partial charge in [-0.1, -0.05) is 6.42 Å². The Morgan fingerprint density at radius 1 is 1.20 bits per heavy atom. The first-order chi connectivity index (χ1) is 4.91. The average Bonchev–Trinajstić information content (AvgIpc) is 1.97. The van der Waals surface area contributed by atoms with Gasteiger partial charge in [0.2, 0.25) is 0 Å². The van der Waals surface area contributed by atoms with Crippen LogP contribution in [0.15, 0.2) is 0 Å². The molecular weight excluding hydrogens is 122 g/mol. The highest BCUT2D eigenvalue weighted by molar-refractivity contribution is 4.94. The molecule has 0 fully saturated rings. The molecule has 0 heterocycles. The molecular formula is C9H17N. The van der Waals surface area contributed by atoms with Gasteiger partial charge >= 0.3 is 0 Å². The summed E-state index contributed by atoms with van der Waals surface area (Å²) >= 11 is 0. The molecule has 0 saturated heterocycles. The fourth-order valence-corrected chi connectivity index (χ4v) is 0.817. The van der Waals surface area contributed by atoms with E-state index in [1.165, 1.54) is 19.3 Å². The van der Waals surface area contributed by atoms with E-state index in [0.29, 0.717) is 0 Å². The summed E-state index contributed by atoms with van der Waals surface area (Å²) < 4.78 is 0. The second-order valence-corrected chi connectivity index (χ2v) is 2.34. The third kappa shape index (κ3) is 7.52. The summed E-state index contributed by atoms with van der Waals surface area (Å²) in [4.78, 5) is 0. The topological polar surface area (TPSA) is 12.0 Å². The van der Waals surface area contributed by atoms with Gasteiger partial charge < -0.3 is 5.32 Å². The molecule has 1 nitrogen and oxygen atoms in total. The monoisotopic (exact) mass is 139 g/mol. The average molecular weight is 139 g/mol. The largest absolute Gasteiger partial charge is 0.320 e. The summed E-state index contributed by atoms with van der Waals surface area (Å²) in [7, 11) is 1.99. The maximum absolute atomic E-state index is 3.12. The van der Waals surface area contributed by atoms with Gasteiger partial charge in [-0.25, -0.2) is 0 Å². The summed E-state index contributed by atoms with van der Waals surface area (Å²) in [5.74, 6) is 5.95. The number of nitrogens with one attached hydrogen (secondary N) is 1. The lowest BCUT2D eigenvalue weighted by Crippen LogP contribution is -2.06. The van der Waals surface area contributed by atoms with Crippen molar-refractivity contribution in [1.82, 2.24) is 5.32 Å². The fourth-order valence-electron chi connectivity index (χ4n) is 0.817. The van der Waals surface area contributed by atoms with Gasteiger partial charge in [0.15, 0.2) is 0 Å². The summed E-state index contributed by atoms with van der Waals surface area (Å²) in [5, 5.41) is 3.12. The van der Waals surface area contributed by atoms with Gasteiger partial charge in [0.25, 0.3) is 0 Å². The van der Waals surface area contributed by atoms with Crippen LogP contribution in [0.5, 0.6) is 0 Å². The molecule has 0 aromatic heterocycles. The Balaban J connectivity index is 2.82. The number of hydrogen-bond donors (Lipinski definition) is 1. The number of unbranched alkanes of at least 4 members (excludes halogenated alkanes) is 3. The summed E-state index contributed by atoms with van der Waals surface area (Å²) in [5.41, 5.74) is 0. The van der Waals surface area contributed by atoms with Gasteiger partial charge in [-0.05, 0) is 33.4 Å². The van der Waals surface area contributed by atoms with Crippen molar-refractivity contribution in [3.05, 3.63) is 0 Å². The van der Waals surface area contributed by atoms with Crippen molar-refractivity contribution >= 4 is 0 Å². The van der Waals surface area contributed by atoms with Crippen molar-refractivity contribution in [3.63, 3.8) is 0 Å². The van der Waals surface area contributed by atoms with E-state index >= 15 is 0 Å². The van der Waals surface area contributed by atoms with Crippen molar-refractivity contribution in [3.8, 4) is 11.8 Å². The van der Waals surface area contributed by atoms with Gasteiger partial charge in [0, 0.05) is 6.42 Å². The highest BCUT2D eigenvalue weighted by Crippen LogP contribution is 1.96. The van der Waals surface area contributed by atoms with E-state index in [1.807, 2.05) is 14.0 Å². The molecule has 0 aromatic carbocycles. The van der Waals surface area contributed by atoms with Crippen LogP contribution in [0.1, 0.15) is 32.6 Å². The Morgan fingerprint density at radius 3 is 2.60 bits per heavy atom. The number of rotatable bonds is 5. The Morgan fingerprint density at radius 2 is 2.00 bits per heavy atom. The predicted octanol–water partition coefficient (Wildman–Crippen LogP) is 1.79. The maximum atomic E-state index is 3.12. The first-order valence-corrected chi connectivity index (χ1v) is 3.96. The molecule has 0 amide bonds. The zero-order valence-electron chi connectivity index (χ0n) is 7.04. The predicted molar refractivity (Wildman–Crippen MR) is 45.8 cm³/mol. The summed E-state index contributed by atoms with van der Waals surface area (Å²) in [6.45, 7) is 3.03. The maximum Gasteiger partial charge on any atom is 0.00885 e. The van der Waals surface area contributed by atoms with Crippen LogP contribution in [0.25, 0.3) is 0 Å². The van der Waals surface area contributed by atoms with Crippen molar-refractivity contribution in [2.75, 3.05) is 13.6 Å². The van der Waals surface area contributed by atoms with Gasteiger partial charge in [0.1, 0.15) is 0 Å². The van der Waals surface area contributed by atoms with E-state index in [1.54, 1.807) is 0 Å². The lowest BCUT2D eigenvalue weighted by molar-refractivity contribution is 0.651. The van der Waals surface area contributed by atoms with Crippen LogP contribution in [0, 0.1) is 11.8 Å². The smallest absolute Gasteiger partial charge is 0.00885 e. The molecule has 0 aromatic rings. The molecule has 0 unspecified atom stereocenters. The van der Waals surface area contributed by atoms with Crippen molar-refractivity contribution in [1.29, 1.82) is 0 Å². The van der Waals surface area contributed by atoms with Gasteiger partial charge in [-0.3, -0.25) is 0 Å². The standard InChI is InChI=1S/C9H17N/c1-3-4-5-6-7-8-9-10-2/h10H,5-9H2,1-2H3. The van der Waals surface area contributed by atoms with E-state index in [4.69, 9.17) is 0 Å². The molecule has 1 N–H and O–H groups in total. The first-order valence-electron chi connectivity index (χ1n) is 3.96. The van der Waals surface area contributed by atoms with Crippen LogP contribution in [-0.4, -0.2) is 13.6 Å². The molecule has 1 heteroatoms. The highest BCUT2D eigenvalue weighted by atomic mass is 14.8. The zero-order valence-corrected chi connectivity index (χ0v) is 7.04. The lowest BCUT2D eigenvalue weighted by Gasteiger charge is -1.95. The molecule has 0 rings (SSSR count). The summed E-state index contributed by atoms with van der Waals surface area (Å²) in [6, 6.07) is 0. The van der Waals surface area contributed by atoms with Crippen LogP contribution in [0.3, 0.4) is 0 Å². The van der Waals surface area contributed by atoms with Crippen LogP contribution >= 0.6 is 0 Å². The van der Waals surface area contributed by atoms with Crippen molar-refractivity contribution < 1.29 is 0 Å². The highest BCUT2D eigenvalue weighted by Gasteiger charge is 1.84. The Bertz CT molecular complexity index is 108. The third-order valence-electron chi connectivity index (χ3n) is 1.41. The van der Waals surface area contributed by atoms with E-state index < -0.39 is 0 Å². The van der Waals surface area contributed by atoms with Gasteiger partial charge in [-0.15, -0.1) is 11.8 Å². The molecule has 0 atom stereocenters. The molecule has 0 aliphatic heterocycles. The SMILES string of the molecule is CC#CCCCCCNC. The quantitative estimate of drug-likeness (QED) is 0.452. The molecule has 0 saturated carbocycles. The minimum Gasteiger partial charge on any atom is -0.320 e. The second kappa shape index (κ2) is 8.52. The van der Waals surface area contributed by atoms with Crippen LogP contribution in [0.4, 0.5) is 0 Å². The van der Waals surface area contributed by atoms with E-state index in [0.717, 1.165) is 13.0 Å². The number of hydrogen-bond acceptors (Lipinski definition) is 1. The van der Waals surface area contributed by atoms with E-state index in [2.05, 4.69) is 17.2 Å². The van der Waals surface area contributed by atoms with Crippen molar-refractivity contribution in [2.45, 2.75) is 32.6 Å². The van der Waals surface area contributed by atoms with E-state index in [9.17, 15) is 0 Å². The lowest BCUT2D eigenvalue weighted by atomic mass is 10.2. The zero-order chi connectivity index (χ0) is 7.66. The Kier molecular flexibility index (Phi) is 8.11. The van der Waals surface area contributed by atoms with Gasteiger partial charge in [-0.2, -0.15) is 0 Å². The van der Waals surface area contributed by atoms with Crippen LogP contribution < -0.4 is 5.32 Å². The molecule has 0 aliphatic carbocycles. The fraction of sp³-hybridized carbons (Fsp3) is 0.778. The second-order valence-electron chi connectivity index (χ2n) is 2.34. The Labute approximate surface area is 64.2 Å². The minimum atomic E-state index is 1.07. The molecule has 58 valence electrons. The molecule has 0 spiro atoms. The van der Waals surface area contributed by atoms with E-state index in [-0.39, 0.29) is 0 Å². The third-order valence-corrected chi connectivity index (χ3v) is 1.41. The molecule has 0 bridgehead atoms. The van der Waals surface area contributed by atoms with Crippen LogP contribution in [-0.2, 0) is 0 Å². The van der Waals surface area contributed by atoms with Crippen molar-refractivity contribution in [2.24, 2.45) is 0 Å². The minimum absolute atomic E-state index is 1.07. The molecule has 10 heavy (non-hydrogen) atoms. The summed E-state index contributed by atoms with van der Waals surface area (Å²) in [6.07, 6.45) is 4.90. The van der Waals surface area contributed by atoms with Crippen LogP contribution in [0.2, 0.25) is 0 Å². The normalized spacial score (nSPS) is 8.60. The first kappa shape index (κ1) is 9.52. The molecule has 0 radical (unpaired) electrons. The van der Waals surface area contributed by atoms with Gasteiger partial charge in [0.05, 0.1) is 0 Å².